The lowest BCUT2D eigenvalue weighted by Crippen LogP contribution is -2.26. The van der Waals surface area contributed by atoms with Crippen LogP contribution in [0, 0.1) is 0 Å². The van der Waals surface area contributed by atoms with Crippen molar-refractivity contribution in [2.45, 2.75) is 38.1 Å². The van der Waals surface area contributed by atoms with Gasteiger partial charge >= 0.3 is 0 Å². The Hall–Kier alpha value is -4.40. The molecule has 8 nitrogen and oxygen atoms in total. The van der Waals surface area contributed by atoms with Gasteiger partial charge in [-0.15, -0.1) is 0 Å². The van der Waals surface area contributed by atoms with E-state index in [0.29, 0.717) is 30.9 Å². The van der Waals surface area contributed by atoms with Crippen molar-refractivity contribution in [3.63, 3.8) is 0 Å². The van der Waals surface area contributed by atoms with E-state index < -0.39 is 12.0 Å². The minimum absolute atomic E-state index is 0.0409. The van der Waals surface area contributed by atoms with E-state index in [1.54, 1.807) is 24.3 Å². The van der Waals surface area contributed by atoms with Crippen molar-refractivity contribution in [3.05, 3.63) is 94.0 Å². The molecule has 0 saturated carbocycles. The Morgan fingerprint density at radius 1 is 0.829 bits per heavy atom. The molecule has 0 saturated heterocycles. The van der Waals surface area contributed by atoms with Gasteiger partial charge in [-0.25, -0.2) is 0 Å². The fourth-order valence-corrected chi connectivity index (χ4v) is 5.98. The van der Waals surface area contributed by atoms with Crippen molar-refractivity contribution < 1.29 is 39.4 Å². The van der Waals surface area contributed by atoms with Crippen LogP contribution in [0.4, 0.5) is 0 Å². The fraction of sp³-hybridized carbons (Fsp3) is 0.273. The molecule has 1 heterocycles. The van der Waals surface area contributed by atoms with Gasteiger partial charge in [0.25, 0.3) is 0 Å². The summed E-state index contributed by atoms with van der Waals surface area (Å²) in [5.74, 6) is 1.32. The van der Waals surface area contributed by atoms with Gasteiger partial charge in [-0.3, -0.25) is 0 Å². The van der Waals surface area contributed by atoms with Crippen LogP contribution in [0.3, 0.4) is 0 Å². The molecule has 0 spiro atoms. The van der Waals surface area contributed by atoms with Crippen LogP contribution in [0.2, 0.25) is 0 Å². The number of methoxy groups -OCH3 is 2. The molecule has 0 unspecified atom stereocenters. The lowest BCUT2D eigenvalue weighted by atomic mass is 9.77. The van der Waals surface area contributed by atoms with E-state index in [-0.39, 0.29) is 36.2 Å². The summed E-state index contributed by atoms with van der Waals surface area (Å²) in [7, 11) is 2.93. The zero-order valence-corrected chi connectivity index (χ0v) is 22.9. The van der Waals surface area contributed by atoms with Gasteiger partial charge in [0.05, 0.1) is 33.5 Å². The minimum atomic E-state index is -0.874. The highest BCUT2D eigenvalue weighted by Crippen LogP contribution is 2.50. The first-order valence-electron chi connectivity index (χ1n) is 13.5. The zero-order chi connectivity index (χ0) is 28.7. The van der Waals surface area contributed by atoms with Crippen molar-refractivity contribution >= 4 is 0 Å². The SMILES string of the molecule is COc1cc([C@@H]2COc3ccc4c(c3[C@H]2O)CCc2c(OCc3cccc(CO)c3)cc(O)cc2-4)cc(OC)c1O. The number of aliphatic hydroxyl groups is 2. The van der Waals surface area contributed by atoms with E-state index in [1.807, 2.05) is 36.4 Å². The summed E-state index contributed by atoms with van der Waals surface area (Å²) >= 11 is 0. The number of phenols is 2. The number of rotatable bonds is 7. The molecule has 0 aromatic heterocycles. The summed E-state index contributed by atoms with van der Waals surface area (Å²) in [6.07, 6.45) is 0.437. The van der Waals surface area contributed by atoms with Gasteiger partial charge in [-0.05, 0) is 70.5 Å². The molecule has 2 atom stereocenters. The number of aromatic hydroxyl groups is 2. The normalized spacial score (nSPS) is 17.1. The maximum atomic E-state index is 11.7. The molecule has 4 N–H and O–H groups in total. The van der Waals surface area contributed by atoms with Gasteiger partial charge in [-0.2, -0.15) is 0 Å². The summed E-state index contributed by atoms with van der Waals surface area (Å²) in [5, 5.41) is 42.2. The van der Waals surface area contributed by atoms with E-state index in [4.69, 9.17) is 18.9 Å². The van der Waals surface area contributed by atoms with Gasteiger partial charge in [-0.1, -0.05) is 30.3 Å². The van der Waals surface area contributed by atoms with Gasteiger partial charge < -0.3 is 39.4 Å². The molecule has 1 aliphatic heterocycles. The molecule has 0 amide bonds. The molecule has 4 aromatic rings. The predicted molar refractivity (Wildman–Crippen MR) is 152 cm³/mol. The summed E-state index contributed by atoms with van der Waals surface area (Å²) < 4.78 is 23.0. The Kier molecular flexibility index (Phi) is 7.11. The van der Waals surface area contributed by atoms with Crippen LogP contribution in [0.5, 0.6) is 34.5 Å². The van der Waals surface area contributed by atoms with Gasteiger partial charge in [0.2, 0.25) is 5.75 Å². The number of fused-ring (bicyclic) bond motifs is 5. The monoisotopic (exact) mass is 556 g/mol. The molecule has 0 radical (unpaired) electrons. The van der Waals surface area contributed by atoms with Crippen LogP contribution >= 0.6 is 0 Å². The smallest absolute Gasteiger partial charge is 0.200 e. The number of hydrogen-bond acceptors (Lipinski definition) is 8. The topological polar surface area (TPSA) is 118 Å². The molecule has 6 rings (SSSR count). The molecular weight excluding hydrogens is 524 g/mol. The highest BCUT2D eigenvalue weighted by atomic mass is 16.5. The predicted octanol–water partition coefficient (Wildman–Crippen LogP) is 5.16. The maximum Gasteiger partial charge on any atom is 0.200 e. The van der Waals surface area contributed by atoms with E-state index in [1.165, 1.54) is 14.2 Å². The summed E-state index contributed by atoms with van der Waals surface area (Å²) in [6.45, 7) is 0.506. The second-order valence-corrected chi connectivity index (χ2v) is 10.4. The first-order chi connectivity index (χ1) is 19.9. The van der Waals surface area contributed by atoms with Gasteiger partial charge in [0.15, 0.2) is 11.5 Å². The van der Waals surface area contributed by atoms with Crippen molar-refractivity contribution in [3.8, 4) is 45.6 Å². The fourth-order valence-electron chi connectivity index (χ4n) is 5.98. The van der Waals surface area contributed by atoms with E-state index in [9.17, 15) is 20.4 Å². The third-order valence-corrected chi connectivity index (χ3v) is 8.02. The zero-order valence-electron chi connectivity index (χ0n) is 22.9. The Bertz CT molecular complexity index is 1590. The number of aliphatic hydroxyl groups excluding tert-OH is 2. The van der Waals surface area contributed by atoms with E-state index >= 15 is 0 Å². The van der Waals surface area contributed by atoms with Crippen LogP contribution in [-0.2, 0) is 26.1 Å². The number of benzene rings is 4. The molecule has 0 bridgehead atoms. The molecule has 2 aliphatic rings. The highest BCUT2D eigenvalue weighted by molar-refractivity contribution is 5.79. The Labute approximate surface area is 238 Å². The molecule has 1 aliphatic carbocycles. The van der Waals surface area contributed by atoms with E-state index in [0.717, 1.165) is 44.5 Å². The number of hydrogen-bond donors (Lipinski definition) is 4. The lowest BCUT2D eigenvalue weighted by molar-refractivity contribution is 0.0877. The van der Waals surface area contributed by atoms with Crippen molar-refractivity contribution in [2.75, 3.05) is 20.8 Å². The van der Waals surface area contributed by atoms with E-state index in [2.05, 4.69) is 0 Å². The second kappa shape index (κ2) is 10.9. The van der Waals surface area contributed by atoms with Crippen molar-refractivity contribution in [2.24, 2.45) is 0 Å². The van der Waals surface area contributed by atoms with Crippen LogP contribution in [0.15, 0.2) is 60.7 Å². The third-order valence-electron chi connectivity index (χ3n) is 8.02. The quantitative estimate of drug-likeness (QED) is 0.247. The number of ether oxygens (including phenoxy) is 4. The average Bonchev–Trinajstić information content (AvgIpc) is 2.99. The average molecular weight is 557 g/mol. The molecule has 4 aromatic carbocycles. The van der Waals surface area contributed by atoms with Gasteiger partial charge in [0.1, 0.15) is 23.9 Å². The first-order valence-corrected chi connectivity index (χ1v) is 13.5. The Morgan fingerprint density at radius 2 is 1.56 bits per heavy atom. The van der Waals surface area contributed by atoms with Crippen LogP contribution in [-0.4, -0.2) is 41.3 Å². The summed E-state index contributed by atoms with van der Waals surface area (Å²) in [6, 6.07) is 18.2. The second-order valence-electron chi connectivity index (χ2n) is 10.4. The lowest BCUT2D eigenvalue weighted by Gasteiger charge is -2.35. The summed E-state index contributed by atoms with van der Waals surface area (Å²) in [4.78, 5) is 0. The van der Waals surface area contributed by atoms with Crippen molar-refractivity contribution in [1.29, 1.82) is 0 Å². The first kappa shape index (κ1) is 26.8. The molecular formula is C33H32O8. The van der Waals surface area contributed by atoms with Crippen LogP contribution < -0.4 is 18.9 Å². The molecule has 8 heteroatoms. The number of phenolic OH excluding ortho intramolecular Hbond substituents is 2. The van der Waals surface area contributed by atoms with Crippen LogP contribution in [0.1, 0.15) is 45.4 Å². The van der Waals surface area contributed by atoms with Crippen molar-refractivity contribution in [1.82, 2.24) is 0 Å². The molecule has 41 heavy (non-hydrogen) atoms. The largest absolute Gasteiger partial charge is 0.508 e. The Morgan fingerprint density at radius 3 is 2.29 bits per heavy atom. The van der Waals surface area contributed by atoms with Crippen LogP contribution in [0.25, 0.3) is 11.1 Å². The molecule has 0 fully saturated rings. The van der Waals surface area contributed by atoms with Gasteiger partial charge in [0, 0.05) is 23.1 Å². The maximum absolute atomic E-state index is 11.7. The molecule has 212 valence electrons. The highest BCUT2D eigenvalue weighted by Gasteiger charge is 2.36. The summed E-state index contributed by atoms with van der Waals surface area (Å²) in [5.41, 5.74) is 6.91. The third kappa shape index (κ3) is 4.79. The Balaban J connectivity index is 1.36. The standard InChI is InChI=1S/C33H32O8/c1-38-29-11-20(12-30(39-2)33(29)37)26-17-41-27-9-8-22-24(31(27)32(26)36)7-6-23-25(22)13-21(35)14-28(23)40-16-19-5-3-4-18(10-19)15-34/h3-5,8-14,26,32,34-37H,6-7,15-17H2,1-2H3/t26-,32-/m0/s1. The minimum Gasteiger partial charge on any atom is -0.508 e.